The highest BCUT2D eigenvalue weighted by Crippen LogP contribution is 2.33. The van der Waals surface area contributed by atoms with Crippen molar-refractivity contribution in [2.75, 3.05) is 11.9 Å². The molecule has 0 aliphatic heterocycles. The molecule has 0 radical (unpaired) electrons. The van der Waals surface area contributed by atoms with Crippen molar-refractivity contribution in [2.45, 2.75) is 31.0 Å². The van der Waals surface area contributed by atoms with E-state index in [1.165, 1.54) is 12.4 Å². The average Bonchev–Trinajstić information content (AvgIpc) is 2.51. The molecule has 2 aromatic heterocycles. The van der Waals surface area contributed by atoms with Crippen molar-refractivity contribution in [3.63, 3.8) is 0 Å². The Hall–Kier alpha value is -2.22. The van der Waals surface area contributed by atoms with Gasteiger partial charge in [-0.2, -0.15) is 13.2 Å². The van der Waals surface area contributed by atoms with Gasteiger partial charge in [0, 0.05) is 30.6 Å². The second kappa shape index (κ2) is 5.77. The molecule has 122 valence electrons. The van der Waals surface area contributed by atoms with Crippen LogP contribution in [0.2, 0.25) is 0 Å². The number of anilines is 1. The molecule has 8 heteroatoms. The monoisotopic (exact) mass is 324 g/mol. The van der Waals surface area contributed by atoms with E-state index in [1.54, 1.807) is 12.1 Å². The van der Waals surface area contributed by atoms with E-state index in [-0.39, 0.29) is 18.2 Å². The first kappa shape index (κ1) is 15.7. The van der Waals surface area contributed by atoms with Gasteiger partial charge in [-0.15, -0.1) is 0 Å². The molecule has 0 spiro atoms. The van der Waals surface area contributed by atoms with Crippen LogP contribution in [-0.4, -0.2) is 32.2 Å². The van der Waals surface area contributed by atoms with E-state index in [4.69, 9.17) is 0 Å². The molecular formula is C15H15F3N4O. The minimum Gasteiger partial charge on any atom is -0.388 e. The van der Waals surface area contributed by atoms with Crippen LogP contribution < -0.4 is 5.32 Å². The summed E-state index contributed by atoms with van der Waals surface area (Å²) in [6.07, 6.45) is 0.529. The second-order valence-corrected chi connectivity index (χ2v) is 5.63. The van der Waals surface area contributed by atoms with Gasteiger partial charge in [-0.1, -0.05) is 0 Å². The highest BCUT2D eigenvalue weighted by Gasteiger charge is 2.36. The van der Waals surface area contributed by atoms with Crippen molar-refractivity contribution >= 4 is 5.82 Å². The summed E-state index contributed by atoms with van der Waals surface area (Å²) < 4.78 is 39.1. The molecule has 0 unspecified atom stereocenters. The van der Waals surface area contributed by atoms with Gasteiger partial charge in [0.2, 0.25) is 0 Å². The minimum absolute atomic E-state index is 0.0367. The molecular weight excluding hydrogens is 309 g/mol. The van der Waals surface area contributed by atoms with E-state index >= 15 is 0 Å². The third kappa shape index (κ3) is 3.58. The largest absolute Gasteiger partial charge is 0.433 e. The van der Waals surface area contributed by atoms with Gasteiger partial charge in [-0.25, -0.2) is 9.97 Å². The minimum atomic E-state index is -4.57. The molecule has 2 N–H and O–H groups in total. The molecule has 1 saturated carbocycles. The van der Waals surface area contributed by atoms with Gasteiger partial charge in [-0.05, 0) is 31.4 Å². The lowest BCUT2D eigenvalue weighted by molar-refractivity contribution is -0.141. The van der Waals surface area contributed by atoms with Crippen molar-refractivity contribution in [3.8, 4) is 11.4 Å². The van der Waals surface area contributed by atoms with E-state index in [2.05, 4.69) is 20.3 Å². The van der Waals surface area contributed by atoms with Gasteiger partial charge in [0.15, 0.2) is 11.5 Å². The first-order valence-corrected chi connectivity index (χ1v) is 7.19. The number of nitrogens with zero attached hydrogens (tertiary/aromatic N) is 3. The third-order valence-corrected chi connectivity index (χ3v) is 3.84. The van der Waals surface area contributed by atoms with Crippen LogP contribution in [0, 0.1) is 0 Å². The zero-order chi connectivity index (χ0) is 16.5. The maximum absolute atomic E-state index is 13.0. The van der Waals surface area contributed by atoms with E-state index < -0.39 is 17.5 Å². The van der Waals surface area contributed by atoms with Crippen LogP contribution >= 0.6 is 0 Å². The number of alkyl halides is 3. The van der Waals surface area contributed by atoms with Gasteiger partial charge in [0.25, 0.3) is 0 Å². The predicted octanol–water partition coefficient (Wildman–Crippen LogP) is 2.88. The van der Waals surface area contributed by atoms with E-state index in [0.717, 1.165) is 12.5 Å². The summed E-state index contributed by atoms with van der Waals surface area (Å²) in [5, 5.41) is 12.8. The first-order valence-electron chi connectivity index (χ1n) is 7.19. The lowest BCUT2D eigenvalue weighted by Gasteiger charge is -2.36. The number of nitrogens with one attached hydrogen (secondary N) is 1. The fraction of sp³-hybridized carbons (Fsp3) is 0.400. The molecule has 0 aromatic carbocycles. The Morgan fingerprint density at radius 1 is 1.17 bits per heavy atom. The smallest absolute Gasteiger partial charge is 0.388 e. The highest BCUT2D eigenvalue weighted by atomic mass is 19.4. The molecule has 3 rings (SSSR count). The van der Waals surface area contributed by atoms with Crippen LogP contribution in [0.25, 0.3) is 11.4 Å². The predicted molar refractivity (Wildman–Crippen MR) is 77.6 cm³/mol. The average molecular weight is 324 g/mol. The maximum Gasteiger partial charge on any atom is 0.433 e. The number of halogens is 3. The summed E-state index contributed by atoms with van der Waals surface area (Å²) in [4.78, 5) is 11.5. The standard InChI is InChI=1S/C15H15F3N4O/c16-15(17,18)11-8-12(20-9-14(23)4-1-5-14)22-13(21-11)10-2-6-19-7-3-10/h2-3,6-8,23H,1,4-5,9H2,(H,20,21,22). The normalized spacial score (nSPS) is 16.7. The number of hydrogen-bond donors (Lipinski definition) is 2. The molecule has 1 aliphatic rings. The Balaban J connectivity index is 1.91. The molecule has 0 amide bonds. The van der Waals surface area contributed by atoms with Crippen molar-refractivity contribution in [1.82, 2.24) is 15.0 Å². The molecule has 0 bridgehead atoms. The number of pyridine rings is 1. The Bertz CT molecular complexity index is 687. The Kier molecular flexibility index (Phi) is 3.93. The number of hydrogen-bond acceptors (Lipinski definition) is 5. The molecule has 0 atom stereocenters. The summed E-state index contributed by atoms with van der Waals surface area (Å²) in [6, 6.07) is 3.93. The quantitative estimate of drug-likeness (QED) is 0.905. The number of aromatic nitrogens is 3. The van der Waals surface area contributed by atoms with Gasteiger partial charge < -0.3 is 10.4 Å². The maximum atomic E-state index is 13.0. The van der Waals surface area contributed by atoms with Crippen LogP contribution in [0.4, 0.5) is 19.0 Å². The van der Waals surface area contributed by atoms with Crippen molar-refractivity contribution in [3.05, 3.63) is 36.3 Å². The van der Waals surface area contributed by atoms with Crippen LogP contribution in [0.1, 0.15) is 25.0 Å². The highest BCUT2D eigenvalue weighted by molar-refractivity contribution is 5.57. The lowest BCUT2D eigenvalue weighted by atomic mass is 9.80. The zero-order valence-corrected chi connectivity index (χ0v) is 12.1. The molecule has 2 heterocycles. The molecule has 1 aliphatic carbocycles. The van der Waals surface area contributed by atoms with Crippen LogP contribution in [-0.2, 0) is 6.18 Å². The summed E-state index contributed by atoms with van der Waals surface area (Å²) in [6.45, 7) is 0.164. The summed E-state index contributed by atoms with van der Waals surface area (Å²) >= 11 is 0. The van der Waals surface area contributed by atoms with Crippen LogP contribution in [0.3, 0.4) is 0 Å². The molecule has 1 fully saturated rings. The molecule has 0 saturated heterocycles. The fourth-order valence-electron chi connectivity index (χ4n) is 2.33. The molecule has 5 nitrogen and oxygen atoms in total. The third-order valence-electron chi connectivity index (χ3n) is 3.84. The second-order valence-electron chi connectivity index (χ2n) is 5.63. The first-order chi connectivity index (χ1) is 10.9. The van der Waals surface area contributed by atoms with Crippen molar-refractivity contribution in [1.29, 1.82) is 0 Å². The lowest BCUT2D eigenvalue weighted by Crippen LogP contribution is -2.43. The number of aliphatic hydroxyl groups is 1. The Labute approximate surface area is 130 Å². The Morgan fingerprint density at radius 2 is 1.87 bits per heavy atom. The van der Waals surface area contributed by atoms with Crippen molar-refractivity contribution in [2.24, 2.45) is 0 Å². The van der Waals surface area contributed by atoms with E-state index in [9.17, 15) is 18.3 Å². The fourth-order valence-corrected chi connectivity index (χ4v) is 2.33. The summed E-state index contributed by atoms with van der Waals surface area (Å²) in [5.74, 6) is 0.00443. The van der Waals surface area contributed by atoms with E-state index in [0.29, 0.717) is 18.4 Å². The topological polar surface area (TPSA) is 70.9 Å². The number of rotatable bonds is 4. The van der Waals surface area contributed by atoms with Gasteiger partial charge in [-0.3, -0.25) is 4.98 Å². The summed E-state index contributed by atoms with van der Waals surface area (Å²) in [5.41, 5.74) is -1.45. The van der Waals surface area contributed by atoms with E-state index in [1.807, 2.05) is 0 Å². The van der Waals surface area contributed by atoms with Gasteiger partial charge in [0.05, 0.1) is 5.60 Å². The summed E-state index contributed by atoms with van der Waals surface area (Å²) in [7, 11) is 0. The Morgan fingerprint density at radius 3 is 2.43 bits per heavy atom. The molecule has 23 heavy (non-hydrogen) atoms. The SMILES string of the molecule is OC1(CNc2cc(C(F)(F)F)nc(-c3ccncc3)n2)CCC1. The van der Waals surface area contributed by atoms with Crippen LogP contribution in [0.5, 0.6) is 0 Å². The van der Waals surface area contributed by atoms with Crippen LogP contribution in [0.15, 0.2) is 30.6 Å². The van der Waals surface area contributed by atoms with Gasteiger partial charge in [0.1, 0.15) is 5.82 Å². The van der Waals surface area contributed by atoms with Crippen molar-refractivity contribution < 1.29 is 18.3 Å². The molecule has 2 aromatic rings. The van der Waals surface area contributed by atoms with Gasteiger partial charge >= 0.3 is 6.18 Å². The zero-order valence-electron chi connectivity index (χ0n) is 12.1.